The first-order chi connectivity index (χ1) is 11.4. The highest BCUT2D eigenvalue weighted by Crippen LogP contribution is 2.26. The molecule has 1 amide bonds. The van der Waals surface area contributed by atoms with Crippen LogP contribution in [-0.2, 0) is 14.8 Å². The second-order valence-corrected chi connectivity index (χ2v) is 8.60. The van der Waals surface area contributed by atoms with E-state index < -0.39 is 10.0 Å². The van der Waals surface area contributed by atoms with Crippen LogP contribution in [0.2, 0.25) is 0 Å². The minimum Gasteiger partial charge on any atom is -0.336 e. The van der Waals surface area contributed by atoms with Crippen molar-refractivity contribution in [3.63, 3.8) is 0 Å². The molecule has 0 aromatic heterocycles. The highest BCUT2D eigenvalue weighted by atomic mass is 35.5. The largest absolute Gasteiger partial charge is 0.336 e. The van der Waals surface area contributed by atoms with Gasteiger partial charge in [-0.3, -0.25) is 4.79 Å². The molecule has 0 aliphatic carbocycles. The fraction of sp³-hybridized carbons (Fsp3) is 0.588. The number of carbonyl (C=O) groups is 1. The summed E-state index contributed by atoms with van der Waals surface area (Å²) in [5.41, 5.74) is 1.70. The number of piperazine rings is 1. The molecular formula is C17H26ClN3O3S. The number of nitrogens with zero attached hydrogens (tertiary/aromatic N) is 2. The molecule has 2 aliphatic rings. The Morgan fingerprint density at radius 1 is 1.20 bits per heavy atom. The molecule has 2 aliphatic heterocycles. The summed E-state index contributed by atoms with van der Waals surface area (Å²) in [5, 5.41) is 3.06. The van der Waals surface area contributed by atoms with E-state index in [1.165, 1.54) is 0 Å². The molecule has 1 aromatic carbocycles. The molecule has 3 rings (SSSR count). The van der Waals surface area contributed by atoms with E-state index in [4.69, 9.17) is 0 Å². The SMILES string of the molecule is Cc1ccc(C)c(S(=O)(=O)N2CCCC(N3CCNCC3=O)C2)c1.Cl. The van der Waals surface area contributed by atoms with E-state index >= 15 is 0 Å². The molecule has 0 spiro atoms. The Bertz CT molecular complexity index is 739. The van der Waals surface area contributed by atoms with Crippen LogP contribution in [0.25, 0.3) is 0 Å². The topological polar surface area (TPSA) is 69.7 Å². The summed E-state index contributed by atoms with van der Waals surface area (Å²) in [6, 6.07) is 5.49. The van der Waals surface area contributed by atoms with Crippen molar-refractivity contribution in [3.05, 3.63) is 29.3 Å². The van der Waals surface area contributed by atoms with Crippen molar-refractivity contribution < 1.29 is 13.2 Å². The van der Waals surface area contributed by atoms with Crippen LogP contribution in [-0.4, -0.2) is 62.3 Å². The molecule has 1 aromatic rings. The third-order valence-electron chi connectivity index (χ3n) is 4.89. The highest BCUT2D eigenvalue weighted by molar-refractivity contribution is 7.89. The summed E-state index contributed by atoms with van der Waals surface area (Å²) in [6.45, 7) is 6.41. The number of rotatable bonds is 3. The average molecular weight is 388 g/mol. The Kier molecular flexibility index (Phi) is 6.48. The molecule has 2 heterocycles. The van der Waals surface area contributed by atoms with Crippen LogP contribution in [0, 0.1) is 13.8 Å². The molecule has 1 atom stereocenters. The fourth-order valence-electron chi connectivity index (χ4n) is 3.53. The van der Waals surface area contributed by atoms with E-state index in [0.717, 1.165) is 30.5 Å². The predicted molar refractivity (Wildman–Crippen MR) is 99.5 cm³/mol. The Hall–Kier alpha value is -1.15. The lowest BCUT2D eigenvalue weighted by atomic mass is 10.1. The smallest absolute Gasteiger partial charge is 0.243 e. The minimum absolute atomic E-state index is 0. The van der Waals surface area contributed by atoms with Gasteiger partial charge in [-0.15, -0.1) is 12.4 Å². The molecule has 8 heteroatoms. The third kappa shape index (κ3) is 4.16. The van der Waals surface area contributed by atoms with E-state index in [0.29, 0.717) is 31.1 Å². The van der Waals surface area contributed by atoms with Crippen molar-refractivity contribution in [2.24, 2.45) is 0 Å². The zero-order valence-electron chi connectivity index (χ0n) is 14.7. The molecule has 0 bridgehead atoms. The molecule has 2 fully saturated rings. The lowest BCUT2D eigenvalue weighted by molar-refractivity contribution is -0.135. The van der Waals surface area contributed by atoms with Crippen LogP contribution in [0.15, 0.2) is 23.1 Å². The monoisotopic (exact) mass is 387 g/mol. The van der Waals surface area contributed by atoms with Crippen LogP contribution in [0.1, 0.15) is 24.0 Å². The molecule has 0 saturated carbocycles. The van der Waals surface area contributed by atoms with Gasteiger partial charge in [0.1, 0.15) is 0 Å². The molecule has 1 unspecified atom stereocenters. The molecule has 140 valence electrons. The first kappa shape index (κ1) is 20.2. The molecule has 2 saturated heterocycles. The Morgan fingerprint density at radius 3 is 2.68 bits per heavy atom. The number of hydrogen-bond donors (Lipinski definition) is 1. The maximum Gasteiger partial charge on any atom is 0.243 e. The van der Waals surface area contributed by atoms with Crippen molar-refractivity contribution in [2.45, 2.75) is 37.6 Å². The number of sulfonamides is 1. The minimum atomic E-state index is -3.52. The van der Waals surface area contributed by atoms with Gasteiger partial charge < -0.3 is 10.2 Å². The van der Waals surface area contributed by atoms with Gasteiger partial charge in [0, 0.05) is 32.2 Å². The van der Waals surface area contributed by atoms with E-state index in [1.807, 2.05) is 30.9 Å². The summed E-state index contributed by atoms with van der Waals surface area (Å²) in [7, 11) is -3.52. The average Bonchev–Trinajstić information content (AvgIpc) is 2.57. The molecule has 6 nitrogen and oxygen atoms in total. The van der Waals surface area contributed by atoms with Gasteiger partial charge in [0.2, 0.25) is 15.9 Å². The Balaban J connectivity index is 0.00000225. The molecule has 1 N–H and O–H groups in total. The Morgan fingerprint density at radius 2 is 1.96 bits per heavy atom. The number of piperidine rings is 1. The number of hydrogen-bond acceptors (Lipinski definition) is 4. The predicted octanol–water partition coefficient (Wildman–Crippen LogP) is 1.31. The van der Waals surface area contributed by atoms with Crippen molar-refractivity contribution in [2.75, 3.05) is 32.7 Å². The van der Waals surface area contributed by atoms with Crippen molar-refractivity contribution >= 4 is 28.3 Å². The van der Waals surface area contributed by atoms with E-state index in [-0.39, 0.29) is 24.4 Å². The molecular weight excluding hydrogens is 362 g/mol. The first-order valence-electron chi connectivity index (χ1n) is 8.47. The maximum atomic E-state index is 13.1. The second-order valence-electron chi connectivity index (χ2n) is 6.69. The quantitative estimate of drug-likeness (QED) is 0.849. The lowest BCUT2D eigenvalue weighted by Gasteiger charge is -2.40. The van der Waals surface area contributed by atoms with E-state index in [2.05, 4.69) is 5.32 Å². The van der Waals surface area contributed by atoms with Gasteiger partial charge in [-0.05, 0) is 43.9 Å². The summed E-state index contributed by atoms with van der Waals surface area (Å²) >= 11 is 0. The van der Waals surface area contributed by atoms with Gasteiger partial charge >= 0.3 is 0 Å². The van der Waals surface area contributed by atoms with Crippen molar-refractivity contribution in [1.29, 1.82) is 0 Å². The number of benzene rings is 1. The van der Waals surface area contributed by atoms with Crippen LogP contribution in [0.4, 0.5) is 0 Å². The zero-order valence-corrected chi connectivity index (χ0v) is 16.3. The van der Waals surface area contributed by atoms with Crippen LogP contribution < -0.4 is 5.32 Å². The highest BCUT2D eigenvalue weighted by Gasteiger charge is 2.35. The number of carbonyl (C=O) groups excluding carboxylic acids is 1. The lowest BCUT2D eigenvalue weighted by Crippen LogP contribution is -2.57. The van der Waals surface area contributed by atoms with Crippen LogP contribution >= 0.6 is 12.4 Å². The number of nitrogens with one attached hydrogen (secondary N) is 1. The summed E-state index contributed by atoms with van der Waals surface area (Å²) in [6.07, 6.45) is 1.65. The van der Waals surface area contributed by atoms with Gasteiger partial charge in [-0.1, -0.05) is 12.1 Å². The van der Waals surface area contributed by atoms with Crippen molar-refractivity contribution in [1.82, 2.24) is 14.5 Å². The number of halogens is 1. The molecule has 25 heavy (non-hydrogen) atoms. The maximum absolute atomic E-state index is 13.1. The number of amides is 1. The number of aryl methyl sites for hydroxylation is 2. The summed E-state index contributed by atoms with van der Waals surface area (Å²) in [5.74, 6) is 0.0669. The zero-order chi connectivity index (χ0) is 17.3. The van der Waals surface area contributed by atoms with E-state index in [9.17, 15) is 13.2 Å². The van der Waals surface area contributed by atoms with Crippen LogP contribution in [0.5, 0.6) is 0 Å². The molecule has 0 radical (unpaired) electrons. The third-order valence-corrected chi connectivity index (χ3v) is 6.89. The van der Waals surface area contributed by atoms with Gasteiger partial charge in [-0.25, -0.2) is 8.42 Å². The first-order valence-corrected chi connectivity index (χ1v) is 9.91. The second kappa shape index (κ2) is 8.03. The summed E-state index contributed by atoms with van der Waals surface area (Å²) in [4.78, 5) is 14.3. The normalized spacial score (nSPS) is 22.6. The standard InChI is InChI=1S/C17H25N3O3S.ClH/c1-13-5-6-14(2)16(10-13)24(22,23)19-8-3-4-15(12-19)20-9-7-18-11-17(20)21;/h5-6,10,15,18H,3-4,7-9,11-12H2,1-2H3;1H. The van der Waals surface area contributed by atoms with Gasteiger partial charge in [0.15, 0.2) is 0 Å². The van der Waals surface area contributed by atoms with Crippen LogP contribution in [0.3, 0.4) is 0 Å². The van der Waals surface area contributed by atoms with Gasteiger partial charge in [0.25, 0.3) is 0 Å². The van der Waals surface area contributed by atoms with Gasteiger partial charge in [-0.2, -0.15) is 4.31 Å². The van der Waals surface area contributed by atoms with Crippen molar-refractivity contribution in [3.8, 4) is 0 Å². The summed E-state index contributed by atoms with van der Waals surface area (Å²) < 4.78 is 27.7. The fourth-order valence-corrected chi connectivity index (χ4v) is 5.35. The van der Waals surface area contributed by atoms with Gasteiger partial charge in [0.05, 0.1) is 11.4 Å². The van der Waals surface area contributed by atoms with E-state index in [1.54, 1.807) is 10.4 Å². The Labute approximate surface area is 156 Å².